The molecule has 0 radical (unpaired) electrons. The van der Waals surface area contributed by atoms with Crippen molar-refractivity contribution in [2.45, 2.75) is 64.9 Å². The van der Waals surface area contributed by atoms with Crippen LogP contribution in [0.2, 0.25) is 5.02 Å². The highest BCUT2D eigenvalue weighted by Crippen LogP contribution is 2.39. The summed E-state index contributed by atoms with van der Waals surface area (Å²) in [6.45, 7) is 5.49. The first kappa shape index (κ1) is 19.7. The van der Waals surface area contributed by atoms with Gasteiger partial charge in [-0.3, -0.25) is 0 Å². The second kappa shape index (κ2) is 9.23. The zero-order chi connectivity index (χ0) is 18.5. The molecule has 1 aliphatic heterocycles. The molecule has 1 heterocycles. The quantitative estimate of drug-likeness (QED) is 0.549. The molecule has 1 aliphatic carbocycles. The maximum atomic E-state index is 14.7. The summed E-state index contributed by atoms with van der Waals surface area (Å²) in [5.41, 5.74) is 1.67. The lowest BCUT2D eigenvalue weighted by Crippen LogP contribution is -2.32. The van der Waals surface area contributed by atoms with Crippen molar-refractivity contribution in [1.82, 2.24) is 0 Å². The minimum Gasteiger partial charge on any atom is -0.492 e. The van der Waals surface area contributed by atoms with E-state index < -0.39 is 0 Å². The highest BCUT2D eigenvalue weighted by Gasteiger charge is 2.30. The minimum absolute atomic E-state index is 0.0879. The lowest BCUT2D eigenvalue weighted by Gasteiger charge is -2.35. The van der Waals surface area contributed by atoms with E-state index in [-0.39, 0.29) is 10.8 Å². The average molecular weight is 381 g/mol. The molecule has 2 nitrogen and oxygen atoms in total. The Morgan fingerprint density at radius 1 is 1.23 bits per heavy atom. The van der Waals surface area contributed by atoms with E-state index in [1.165, 1.54) is 25.7 Å². The molecular weight excluding hydrogens is 351 g/mol. The van der Waals surface area contributed by atoms with Crippen molar-refractivity contribution in [3.05, 3.63) is 34.6 Å². The van der Waals surface area contributed by atoms with Crippen molar-refractivity contribution in [2.24, 2.45) is 11.8 Å². The van der Waals surface area contributed by atoms with Gasteiger partial charge in [0.15, 0.2) is 5.82 Å². The van der Waals surface area contributed by atoms with Gasteiger partial charge in [-0.1, -0.05) is 31.0 Å². The lowest BCUT2D eigenvalue weighted by atomic mass is 9.80. The Balaban J connectivity index is 1.62. The van der Waals surface area contributed by atoms with Crippen molar-refractivity contribution < 1.29 is 13.9 Å². The Bertz CT molecular complexity index is 635. The molecule has 3 rings (SSSR count). The predicted octanol–water partition coefficient (Wildman–Crippen LogP) is 6.66. The van der Waals surface area contributed by atoms with Crippen LogP contribution < -0.4 is 4.74 Å². The van der Waals surface area contributed by atoms with Crippen LogP contribution in [0.4, 0.5) is 4.39 Å². The number of halogens is 2. The molecule has 3 unspecified atom stereocenters. The second-order valence-corrected chi connectivity index (χ2v) is 7.92. The molecule has 0 saturated carbocycles. The SMILES string of the molecule is CCCC1CCC(C2CC=C(c3ccc(OCC)c(Cl)c3F)CC2)OC1. The highest BCUT2D eigenvalue weighted by molar-refractivity contribution is 6.32. The molecule has 0 N–H and O–H groups in total. The molecule has 1 aromatic rings. The van der Waals surface area contributed by atoms with E-state index >= 15 is 0 Å². The molecule has 0 amide bonds. The van der Waals surface area contributed by atoms with Crippen LogP contribution in [-0.2, 0) is 4.74 Å². The average Bonchev–Trinajstić information content (AvgIpc) is 2.67. The Morgan fingerprint density at radius 2 is 2.08 bits per heavy atom. The standard InChI is InChI=1S/C22H30ClFO2/c1-3-5-15-6-12-19(26-14-15)17-9-7-16(8-10-17)18-11-13-20(25-4-2)21(23)22(18)24/h7,11,13,15,17,19H,3-6,8-10,12,14H2,1-2H3. The molecule has 3 atom stereocenters. The molecule has 1 aromatic carbocycles. The highest BCUT2D eigenvalue weighted by atomic mass is 35.5. The van der Waals surface area contributed by atoms with Crippen molar-refractivity contribution in [1.29, 1.82) is 0 Å². The van der Waals surface area contributed by atoms with Gasteiger partial charge in [0.25, 0.3) is 0 Å². The fourth-order valence-corrected chi connectivity index (χ4v) is 4.54. The maximum Gasteiger partial charge on any atom is 0.153 e. The normalized spacial score (nSPS) is 26.5. The predicted molar refractivity (Wildman–Crippen MR) is 105 cm³/mol. The Hall–Kier alpha value is -1.06. The third-order valence-corrected chi connectivity index (χ3v) is 6.12. The largest absolute Gasteiger partial charge is 0.492 e. The molecule has 0 spiro atoms. The molecule has 0 bridgehead atoms. The van der Waals surface area contributed by atoms with Gasteiger partial charge in [0.2, 0.25) is 0 Å². The maximum absolute atomic E-state index is 14.7. The molecular formula is C22H30ClFO2. The smallest absolute Gasteiger partial charge is 0.153 e. The molecule has 4 heteroatoms. The summed E-state index contributed by atoms with van der Waals surface area (Å²) in [5, 5.41) is 0.0879. The van der Waals surface area contributed by atoms with Crippen LogP contribution >= 0.6 is 11.6 Å². The van der Waals surface area contributed by atoms with Gasteiger partial charge in [-0.2, -0.15) is 0 Å². The van der Waals surface area contributed by atoms with Crippen LogP contribution in [0, 0.1) is 17.7 Å². The van der Waals surface area contributed by atoms with Gasteiger partial charge in [0.1, 0.15) is 10.8 Å². The second-order valence-electron chi connectivity index (χ2n) is 7.54. The van der Waals surface area contributed by atoms with Crippen LogP contribution in [0.1, 0.15) is 64.4 Å². The summed E-state index contributed by atoms with van der Waals surface area (Å²) in [6.07, 6.45) is 10.4. The number of hydrogen-bond donors (Lipinski definition) is 0. The first-order valence-electron chi connectivity index (χ1n) is 10.1. The number of allylic oxidation sites excluding steroid dienone is 2. The summed E-state index contributed by atoms with van der Waals surface area (Å²) in [4.78, 5) is 0. The zero-order valence-corrected chi connectivity index (χ0v) is 16.7. The van der Waals surface area contributed by atoms with Crippen molar-refractivity contribution in [3.63, 3.8) is 0 Å². The van der Waals surface area contributed by atoms with Crippen LogP contribution in [0.25, 0.3) is 5.57 Å². The van der Waals surface area contributed by atoms with Crippen LogP contribution in [0.5, 0.6) is 5.75 Å². The van der Waals surface area contributed by atoms with Gasteiger partial charge in [-0.05, 0) is 75.0 Å². The number of rotatable bonds is 6. The van der Waals surface area contributed by atoms with E-state index in [0.29, 0.717) is 29.9 Å². The zero-order valence-electron chi connectivity index (χ0n) is 15.9. The van der Waals surface area contributed by atoms with Crippen molar-refractivity contribution >= 4 is 17.2 Å². The first-order valence-corrected chi connectivity index (χ1v) is 10.4. The Labute approximate surface area is 161 Å². The Morgan fingerprint density at radius 3 is 2.69 bits per heavy atom. The van der Waals surface area contributed by atoms with E-state index in [0.717, 1.165) is 37.4 Å². The molecule has 1 saturated heterocycles. The summed E-state index contributed by atoms with van der Waals surface area (Å²) >= 11 is 6.14. The van der Waals surface area contributed by atoms with E-state index in [9.17, 15) is 4.39 Å². The monoisotopic (exact) mass is 380 g/mol. The molecule has 26 heavy (non-hydrogen) atoms. The molecule has 2 aliphatic rings. The first-order chi connectivity index (χ1) is 12.6. The fraction of sp³-hybridized carbons (Fsp3) is 0.636. The van der Waals surface area contributed by atoms with E-state index in [4.69, 9.17) is 21.1 Å². The van der Waals surface area contributed by atoms with Crippen molar-refractivity contribution in [3.8, 4) is 5.75 Å². The summed E-state index contributed by atoms with van der Waals surface area (Å²) in [5.74, 6) is 1.36. The lowest BCUT2D eigenvalue weighted by molar-refractivity contribution is -0.0504. The summed E-state index contributed by atoms with van der Waals surface area (Å²) in [6, 6.07) is 3.57. The van der Waals surface area contributed by atoms with E-state index in [2.05, 4.69) is 13.0 Å². The van der Waals surface area contributed by atoms with Gasteiger partial charge < -0.3 is 9.47 Å². The molecule has 1 fully saturated rings. The van der Waals surface area contributed by atoms with E-state index in [1.807, 2.05) is 6.92 Å². The number of hydrogen-bond acceptors (Lipinski definition) is 2. The van der Waals surface area contributed by atoms with Crippen molar-refractivity contribution in [2.75, 3.05) is 13.2 Å². The number of benzene rings is 1. The van der Waals surface area contributed by atoms with Crippen LogP contribution in [0.3, 0.4) is 0 Å². The van der Waals surface area contributed by atoms with Gasteiger partial charge in [0, 0.05) is 12.2 Å². The summed E-state index contributed by atoms with van der Waals surface area (Å²) in [7, 11) is 0. The molecule has 144 valence electrons. The topological polar surface area (TPSA) is 18.5 Å². The van der Waals surface area contributed by atoms with Gasteiger partial charge in [-0.25, -0.2) is 4.39 Å². The third kappa shape index (κ3) is 4.43. The Kier molecular flexibility index (Phi) is 6.99. The van der Waals surface area contributed by atoms with E-state index in [1.54, 1.807) is 12.1 Å². The third-order valence-electron chi connectivity index (χ3n) is 5.77. The fourth-order valence-electron chi connectivity index (χ4n) is 4.32. The summed E-state index contributed by atoms with van der Waals surface area (Å²) < 4.78 is 26.2. The number of ether oxygens (including phenoxy) is 2. The van der Waals surface area contributed by atoms with Gasteiger partial charge >= 0.3 is 0 Å². The molecule has 0 aromatic heterocycles. The van der Waals surface area contributed by atoms with Crippen LogP contribution in [-0.4, -0.2) is 19.3 Å². The van der Waals surface area contributed by atoms with Gasteiger partial charge in [0.05, 0.1) is 12.7 Å². The van der Waals surface area contributed by atoms with Crippen LogP contribution in [0.15, 0.2) is 18.2 Å². The van der Waals surface area contributed by atoms with Gasteiger partial charge in [-0.15, -0.1) is 0 Å². The minimum atomic E-state index is -0.362.